The smallest absolute Gasteiger partial charge is 0.231 e. The highest BCUT2D eigenvalue weighted by Crippen LogP contribution is 1.89. The van der Waals surface area contributed by atoms with Gasteiger partial charge >= 0.3 is 0 Å². The van der Waals surface area contributed by atoms with Gasteiger partial charge in [0.2, 0.25) is 5.90 Å². The fourth-order valence-electron chi connectivity index (χ4n) is 0.585. The molecule has 3 nitrogen and oxygen atoms in total. The van der Waals surface area contributed by atoms with E-state index in [9.17, 15) is 0 Å². The summed E-state index contributed by atoms with van der Waals surface area (Å²) in [5.41, 5.74) is 0. The van der Waals surface area contributed by atoms with Crippen molar-refractivity contribution >= 4 is 12.1 Å². The quantitative estimate of drug-likeness (QED) is 0.382. The molecule has 0 aromatic heterocycles. The first kappa shape index (κ1) is 10.9. The van der Waals surface area contributed by atoms with Crippen LogP contribution >= 0.6 is 0 Å². The monoisotopic (exact) mass is 168 g/mol. The Morgan fingerprint density at radius 3 is 2.83 bits per heavy atom. The van der Waals surface area contributed by atoms with Gasteiger partial charge in [-0.1, -0.05) is 19.4 Å². The molecular formula is C9H16N2O. The molecule has 0 heterocycles. The number of aliphatic imine (C=N–C) groups is 1. The Balaban J connectivity index is 3.74. The topological polar surface area (TPSA) is 45.4 Å². The van der Waals surface area contributed by atoms with Crippen LogP contribution in [0.2, 0.25) is 0 Å². The summed E-state index contributed by atoms with van der Waals surface area (Å²) in [6.07, 6.45) is 6.63. The third kappa shape index (κ3) is 5.65. The molecule has 1 N–H and O–H groups in total. The Kier molecular flexibility index (Phi) is 7.24. The second kappa shape index (κ2) is 7.98. The van der Waals surface area contributed by atoms with Gasteiger partial charge in [-0.05, 0) is 13.3 Å². The molecule has 0 aliphatic heterocycles. The van der Waals surface area contributed by atoms with Gasteiger partial charge < -0.3 is 10.1 Å². The van der Waals surface area contributed by atoms with Gasteiger partial charge in [-0.25, -0.2) is 4.99 Å². The highest BCUT2D eigenvalue weighted by molar-refractivity contribution is 6.25. The number of nitrogens with one attached hydrogen (secondary N) is 1. The molecule has 0 saturated carbocycles. The number of ether oxygens (including phenoxy) is 1. The van der Waals surface area contributed by atoms with Crippen LogP contribution in [-0.2, 0) is 4.74 Å². The van der Waals surface area contributed by atoms with Crippen molar-refractivity contribution in [1.29, 1.82) is 5.41 Å². The van der Waals surface area contributed by atoms with Crippen molar-refractivity contribution in [3.8, 4) is 0 Å². The zero-order chi connectivity index (χ0) is 9.23. The summed E-state index contributed by atoms with van der Waals surface area (Å²) in [4.78, 5) is 3.90. The molecule has 0 aromatic carbocycles. The first-order chi connectivity index (χ1) is 5.85. The van der Waals surface area contributed by atoms with Crippen LogP contribution in [-0.4, -0.2) is 18.7 Å². The van der Waals surface area contributed by atoms with E-state index in [1.165, 1.54) is 0 Å². The minimum Gasteiger partial charge on any atom is -0.477 e. The van der Waals surface area contributed by atoms with Gasteiger partial charge in [0.05, 0.1) is 12.8 Å². The Bertz CT molecular complexity index is 173. The summed E-state index contributed by atoms with van der Waals surface area (Å²) >= 11 is 0. The van der Waals surface area contributed by atoms with Gasteiger partial charge in [-0.15, -0.1) is 0 Å². The third-order valence-corrected chi connectivity index (χ3v) is 1.22. The van der Waals surface area contributed by atoms with Crippen molar-refractivity contribution in [2.75, 3.05) is 6.61 Å². The van der Waals surface area contributed by atoms with E-state index in [2.05, 4.69) is 11.9 Å². The number of allylic oxidation sites excluding steroid dienone is 1. The normalized spacial score (nSPS) is 12.0. The van der Waals surface area contributed by atoms with E-state index >= 15 is 0 Å². The number of rotatable bonds is 5. The minimum absolute atomic E-state index is 0.376. The number of hydrogen-bond acceptors (Lipinski definition) is 3. The summed E-state index contributed by atoms with van der Waals surface area (Å²) < 4.78 is 5.19. The molecular weight excluding hydrogens is 152 g/mol. The summed E-state index contributed by atoms with van der Waals surface area (Å²) in [6, 6.07) is 0. The zero-order valence-corrected chi connectivity index (χ0v) is 7.71. The number of hydrogen-bond donors (Lipinski definition) is 1. The molecule has 0 aliphatic rings. The van der Waals surface area contributed by atoms with E-state index in [-0.39, 0.29) is 0 Å². The lowest BCUT2D eigenvalue weighted by Gasteiger charge is -2.01. The van der Waals surface area contributed by atoms with Gasteiger partial charge in [-0.3, -0.25) is 0 Å². The third-order valence-electron chi connectivity index (χ3n) is 1.22. The van der Waals surface area contributed by atoms with Crippen LogP contribution < -0.4 is 0 Å². The van der Waals surface area contributed by atoms with E-state index in [1.807, 2.05) is 6.92 Å². The molecule has 0 atom stereocenters. The molecule has 0 radical (unpaired) electrons. The maximum absolute atomic E-state index is 6.96. The van der Waals surface area contributed by atoms with Gasteiger partial charge in [0.15, 0.2) is 0 Å². The lowest BCUT2D eigenvalue weighted by atomic mass is 10.4. The van der Waals surface area contributed by atoms with E-state index in [4.69, 9.17) is 10.1 Å². The lowest BCUT2D eigenvalue weighted by Crippen LogP contribution is -2.06. The Morgan fingerprint density at radius 1 is 1.58 bits per heavy atom. The number of unbranched alkanes of at least 4 members (excludes halogenated alkanes) is 1. The molecule has 0 rings (SSSR count). The van der Waals surface area contributed by atoms with Crippen LogP contribution in [0.4, 0.5) is 0 Å². The fourth-order valence-corrected chi connectivity index (χ4v) is 0.585. The molecule has 0 aromatic rings. The van der Waals surface area contributed by atoms with Gasteiger partial charge in [0.1, 0.15) is 0 Å². The summed E-state index contributed by atoms with van der Waals surface area (Å²) in [5.74, 6) is 0.376. The van der Waals surface area contributed by atoms with E-state index < -0.39 is 0 Å². The first-order valence-electron chi connectivity index (χ1n) is 4.17. The fraction of sp³-hybridized carbons (Fsp3) is 0.556. The molecule has 68 valence electrons. The Labute approximate surface area is 73.7 Å². The van der Waals surface area contributed by atoms with Crippen molar-refractivity contribution in [2.45, 2.75) is 26.7 Å². The van der Waals surface area contributed by atoms with Crippen molar-refractivity contribution in [3.05, 3.63) is 12.3 Å². The zero-order valence-electron chi connectivity index (χ0n) is 7.71. The molecule has 0 saturated heterocycles. The van der Waals surface area contributed by atoms with Crippen LogP contribution in [0.3, 0.4) is 0 Å². The van der Waals surface area contributed by atoms with Crippen LogP contribution in [0.5, 0.6) is 0 Å². The maximum Gasteiger partial charge on any atom is 0.231 e. The van der Waals surface area contributed by atoms with Crippen molar-refractivity contribution in [1.82, 2.24) is 0 Å². The van der Waals surface area contributed by atoms with Gasteiger partial charge in [0.25, 0.3) is 0 Å². The molecule has 12 heavy (non-hydrogen) atoms. The van der Waals surface area contributed by atoms with Crippen LogP contribution in [0, 0.1) is 5.41 Å². The largest absolute Gasteiger partial charge is 0.477 e. The summed E-state index contributed by atoms with van der Waals surface area (Å²) in [5, 5.41) is 6.96. The standard InChI is InChI=1S/C9H16N2O/c1-3-5-7-12-9(8-10)11-6-4-2/h4,6,8,10H,3,5,7H2,1-2H3/b6-4-,10-8?,11-9?. The van der Waals surface area contributed by atoms with Gasteiger partial charge in [-0.2, -0.15) is 0 Å². The minimum atomic E-state index is 0.376. The van der Waals surface area contributed by atoms with Crippen molar-refractivity contribution < 1.29 is 4.74 Å². The summed E-state index contributed by atoms with van der Waals surface area (Å²) in [7, 11) is 0. The van der Waals surface area contributed by atoms with Crippen LogP contribution in [0.25, 0.3) is 0 Å². The van der Waals surface area contributed by atoms with E-state index in [0.717, 1.165) is 19.1 Å². The predicted octanol–water partition coefficient (Wildman–Crippen LogP) is 2.38. The highest BCUT2D eigenvalue weighted by Gasteiger charge is 1.91. The summed E-state index contributed by atoms with van der Waals surface area (Å²) in [6.45, 7) is 4.61. The molecule has 3 heteroatoms. The second-order valence-corrected chi connectivity index (χ2v) is 2.30. The second-order valence-electron chi connectivity index (χ2n) is 2.30. The van der Waals surface area contributed by atoms with Crippen LogP contribution in [0.1, 0.15) is 26.7 Å². The average molecular weight is 168 g/mol. The highest BCUT2D eigenvalue weighted by atomic mass is 16.5. The lowest BCUT2D eigenvalue weighted by molar-refractivity contribution is 0.303. The molecule has 0 fully saturated rings. The van der Waals surface area contributed by atoms with E-state index in [1.54, 1.807) is 12.3 Å². The SMILES string of the molecule is C/C=C\N=C(C=N)OCCCC. The van der Waals surface area contributed by atoms with Crippen LogP contribution in [0.15, 0.2) is 17.3 Å². The van der Waals surface area contributed by atoms with Gasteiger partial charge in [0, 0.05) is 6.20 Å². The number of nitrogens with zero attached hydrogens (tertiary/aromatic N) is 1. The Morgan fingerprint density at radius 2 is 2.33 bits per heavy atom. The molecule has 0 spiro atoms. The molecule has 0 bridgehead atoms. The molecule has 0 unspecified atom stereocenters. The predicted molar refractivity (Wildman–Crippen MR) is 51.9 cm³/mol. The molecule has 0 amide bonds. The van der Waals surface area contributed by atoms with Crippen molar-refractivity contribution in [3.63, 3.8) is 0 Å². The maximum atomic E-state index is 6.96. The van der Waals surface area contributed by atoms with E-state index in [0.29, 0.717) is 12.5 Å². The Hall–Kier alpha value is -1.12. The molecule has 0 aliphatic carbocycles. The first-order valence-corrected chi connectivity index (χ1v) is 4.17. The van der Waals surface area contributed by atoms with Crippen molar-refractivity contribution in [2.24, 2.45) is 4.99 Å². The average Bonchev–Trinajstić information content (AvgIpc) is 2.11.